The van der Waals surface area contributed by atoms with Crippen molar-refractivity contribution in [1.82, 2.24) is 10.6 Å². The van der Waals surface area contributed by atoms with Crippen molar-refractivity contribution in [1.29, 1.82) is 0 Å². The van der Waals surface area contributed by atoms with Crippen LogP contribution in [0.25, 0.3) is 0 Å². The van der Waals surface area contributed by atoms with Crippen molar-refractivity contribution in [2.75, 3.05) is 40.5 Å². The lowest BCUT2D eigenvalue weighted by Gasteiger charge is -2.19. The van der Waals surface area contributed by atoms with Gasteiger partial charge in [0.1, 0.15) is 5.75 Å². The summed E-state index contributed by atoms with van der Waals surface area (Å²) in [5.74, 6) is 1.06. The Labute approximate surface area is 119 Å². The van der Waals surface area contributed by atoms with E-state index in [4.69, 9.17) is 9.47 Å². The number of carbonyl (C=O) groups is 1. The minimum absolute atomic E-state index is 0.0426. The van der Waals surface area contributed by atoms with Crippen LogP contribution in [0, 0.1) is 5.92 Å². The number of carbonyl (C=O) groups excluding carboxylic acids is 1. The largest absolute Gasteiger partial charge is 0.497 e. The molecule has 0 spiro atoms. The quantitative estimate of drug-likeness (QED) is 0.754. The van der Waals surface area contributed by atoms with E-state index in [0.29, 0.717) is 19.7 Å². The zero-order valence-electron chi connectivity index (χ0n) is 12.0. The Morgan fingerprint density at radius 2 is 2.25 bits per heavy atom. The second kappa shape index (κ2) is 7.26. The first kappa shape index (κ1) is 14.8. The summed E-state index contributed by atoms with van der Waals surface area (Å²) in [6.45, 7) is 2.61. The van der Waals surface area contributed by atoms with Crippen LogP contribution >= 0.6 is 0 Å². The van der Waals surface area contributed by atoms with Crippen molar-refractivity contribution >= 4 is 5.91 Å². The third-order valence-electron chi connectivity index (χ3n) is 3.68. The summed E-state index contributed by atoms with van der Waals surface area (Å²) in [5, 5.41) is 6.22. The third kappa shape index (κ3) is 3.49. The van der Waals surface area contributed by atoms with Gasteiger partial charge >= 0.3 is 0 Å². The number of benzene rings is 1. The highest BCUT2D eigenvalue weighted by Gasteiger charge is 2.33. The van der Waals surface area contributed by atoms with Crippen molar-refractivity contribution in [3.05, 3.63) is 29.8 Å². The normalized spacial score (nSPS) is 21.7. The lowest BCUT2D eigenvalue weighted by atomic mass is 9.88. The van der Waals surface area contributed by atoms with Crippen LogP contribution in [-0.4, -0.2) is 46.4 Å². The fourth-order valence-electron chi connectivity index (χ4n) is 2.58. The Morgan fingerprint density at radius 1 is 1.40 bits per heavy atom. The van der Waals surface area contributed by atoms with E-state index in [0.717, 1.165) is 17.9 Å². The van der Waals surface area contributed by atoms with Crippen molar-refractivity contribution in [2.45, 2.75) is 5.92 Å². The first-order valence-corrected chi connectivity index (χ1v) is 6.87. The molecule has 2 unspecified atom stereocenters. The van der Waals surface area contributed by atoms with Crippen LogP contribution in [0.4, 0.5) is 0 Å². The Kier molecular flexibility index (Phi) is 5.38. The van der Waals surface area contributed by atoms with E-state index < -0.39 is 0 Å². The maximum atomic E-state index is 12.2. The zero-order valence-corrected chi connectivity index (χ0v) is 12.0. The summed E-state index contributed by atoms with van der Waals surface area (Å²) in [5.41, 5.74) is 1.14. The molecule has 0 radical (unpaired) electrons. The summed E-state index contributed by atoms with van der Waals surface area (Å²) in [4.78, 5) is 12.2. The van der Waals surface area contributed by atoms with Crippen LogP contribution < -0.4 is 15.4 Å². The SMILES string of the molecule is COCCNC(=O)C1CNCC1c1cccc(OC)c1. The van der Waals surface area contributed by atoms with Crippen LogP contribution in [0.3, 0.4) is 0 Å². The smallest absolute Gasteiger partial charge is 0.225 e. The molecule has 0 saturated carbocycles. The minimum atomic E-state index is -0.0426. The molecule has 0 aromatic heterocycles. The Hall–Kier alpha value is -1.59. The molecule has 1 saturated heterocycles. The van der Waals surface area contributed by atoms with Gasteiger partial charge in [0.05, 0.1) is 19.6 Å². The highest BCUT2D eigenvalue weighted by atomic mass is 16.5. The van der Waals surface area contributed by atoms with Gasteiger partial charge in [-0.05, 0) is 17.7 Å². The van der Waals surface area contributed by atoms with E-state index >= 15 is 0 Å². The molecule has 0 bridgehead atoms. The molecule has 1 aliphatic rings. The van der Waals surface area contributed by atoms with Crippen LogP contribution in [0.15, 0.2) is 24.3 Å². The standard InChI is InChI=1S/C15H22N2O3/c1-19-7-6-17-15(18)14-10-16-9-13(14)11-4-3-5-12(8-11)20-2/h3-5,8,13-14,16H,6-7,9-10H2,1-2H3,(H,17,18). The van der Waals surface area contributed by atoms with Crippen LogP contribution in [0.2, 0.25) is 0 Å². The maximum absolute atomic E-state index is 12.2. The molecule has 5 nitrogen and oxygen atoms in total. The van der Waals surface area contributed by atoms with Gasteiger partial charge in [0.2, 0.25) is 5.91 Å². The van der Waals surface area contributed by atoms with Gasteiger partial charge in [-0.3, -0.25) is 4.79 Å². The van der Waals surface area contributed by atoms with Gasteiger partial charge in [-0.2, -0.15) is 0 Å². The molecule has 5 heteroatoms. The Morgan fingerprint density at radius 3 is 3.00 bits per heavy atom. The van der Waals surface area contributed by atoms with Crippen molar-refractivity contribution in [3.8, 4) is 5.75 Å². The number of hydrogen-bond acceptors (Lipinski definition) is 4. The van der Waals surface area contributed by atoms with Gasteiger partial charge in [-0.1, -0.05) is 12.1 Å². The lowest BCUT2D eigenvalue weighted by molar-refractivity contribution is -0.125. The summed E-state index contributed by atoms with van der Waals surface area (Å²) < 4.78 is 10.2. The van der Waals surface area contributed by atoms with Crippen molar-refractivity contribution in [2.24, 2.45) is 5.92 Å². The monoisotopic (exact) mass is 278 g/mol. The molecule has 1 aliphatic heterocycles. The topological polar surface area (TPSA) is 59.6 Å². The van der Waals surface area contributed by atoms with E-state index in [9.17, 15) is 4.79 Å². The second-order valence-electron chi connectivity index (χ2n) is 4.93. The number of methoxy groups -OCH3 is 2. The molecule has 1 heterocycles. The first-order valence-electron chi connectivity index (χ1n) is 6.87. The number of hydrogen-bond donors (Lipinski definition) is 2. The molecule has 1 aromatic carbocycles. The summed E-state index contributed by atoms with van der Waals surface area (Å²) in [7, 11) is 3.28. The van der Waals surface area contributed by atoms with E-state index in [1.54, 1.807) is 14.2 Å². The lowest BCUT2D eigenvalue weighted by Crippen LogP contribution is -2.36. The van der Waals surface area contributed by atoms with E-state index in [2.05, 4.69) is 16.7 Å². The summed E-state index contributed by atoms with van der Waals surface area (Å²) >= 11 is 0. The molecule has 2 atom stereocenters. The summed E-state index contributed by atoms with van der Waals surface area (Å²) in [6.07, 6.45) is 0. The van der Waals surface area contributed by atoms with Gasteiger partial charge in [-0.15, -0.1) is 0 Å². The first-order chi connectivity index (χ1) is 9.76. The van der Waals surface area contributed by atoms with Crippen LogP contribution in [0.1, 0.15) is 11.5 Å². The number of nitrogens with one attached hydrogen (secondary N) is 2. The Bertz CT molecular complexity index is 450. The molecule has 2 rings (SSSR count). The molecule has 0 aliphatic carbocycles. The molecule has 1 aromatic rings. The predicted molar refractivity (Wildman–Crippen MR) is 77.0 cm³/mol. The van der Waals surface area contributed by atoms with Crippen molar-refractivity contribution < 1.29 is 14.3 Å². The fourth-order valence-corrected chi connectivity index (χ4v) is 2.58. The maximum Gasteiger partial charge on any atom is 0.225 e. The van der Waals surface area contributed by atoms with E-state index in [1.165, 1.54) is 0 Å². The molecule has 1 fully saturated rings. The average Bonchev–Trinajstić information content (AvgIpc) is 2.97. The van der Waals surface area contributed by atoms with E-state index in [-0.39, 0.29) is 17.7 Å². The zero-order chi connectivity index (χ0) is 14.4. The molecule has 20 heavy (non-hydrogen) atoms. The van der Waals surface area contributed by atoms with E-state index in [1.807, 2.05) is 18.2 Å². The minimum Gasteiger partial charge on any atom is -0.497 e. The Balaban J connectivity index is 2.04. The fraction of sp³-hybridized carbons (Fsp3) is 0.533. The van der Waals surface area contributed by atoms with Gasteiger partial charge in [0, 0.05) is 32.7 Å². The molecular weight excluding hydrogens is 256 g/mol. The van der Waals surface area contributed by atoms with Crippen LogP contribution in [-0.2, 0) is 9.53 Å². The van der Waals surface area contributed by atoms with Crippen LogP contribution in [0.5, 0.6) is 5.75 Å². The number of rotatable bonds is 6. The molecule has 1 amide bonds. The van der Waals surface area contributed by atoms with Gasteiger partial charge in [-0.25, -0.2) is 0 Å². The van der Waals surface area contributed by atoms with Gasteiger partial charge in [0.15, 0.2) is 0 Å². The highest BCUT2D eigenvalue weighted by Crippen LogP contribution is 2.30. The summed E-state index contributed by atoms with van der Waals surface area (Å²) in [6, 6.07) is 7.94. The number of ether oxygens (including phenoxy) is 2. The molecule has 110 valence electrons. The molecular formula is C15H22N2O3. The van der Waals surface area contributed by atoms with Gasteiger partial charge < -0.3 is 20.1 Å². The third-order valence-corrected chi connectivity index (χ3v) is 3.68. The number of amides is 1. The average molecular weight is 278 g/mol. The second-order valence-corrected chi connectivity index (χ2v) is 4.93. The molecule has 2 N–H and O–H groups in total. The predicted octanol–water partition coefficient (Wildman–Crippen LogP) is 0.761. The highest BCUT2D eigenvalue weighted by molar-refractivity contribution is 5.80. The van der Waals surface area contributed by atoms with Crippen molar-refractivity contribution in [3.63, 3.8) is 0 Å². The van der Waals surface area contributed by atoms with Gasteiger partial charge in [0.25, 0.3) is 0 Å².